The van der Waals surface area contributed by atoms with Gasteiger partial charge < -0.3 is 4.90 Å². The molecular weight excluding hydrogens is 291 g/mol. The van der Waals surface area contributed by atoms with Gasteiger partial charge in [0.15, 0.2) is 0 Å². The lowest BCUT2D eigenvalue weighted by atomic mass is 10.1. The van der Waals surface area contributed by atoms with Gasteiger partial charge in [0.05, 0.1) is 5.75 Å². The molecule has 1 saturated heterocycles. The van der Waals surface area contributed by atoms with Crippen molar-refractivity contribution in [2.75, 3.05) is 19.6 Å². The molecule has 1 N–H and O–H groups in total. The molecule has 0 atom stereocenters. The smallest absolute Gasteiger partial charge is 0.216 e. The third-order valence-electron chi connectivity index (χ3n) is 3.74. The Morgan fingerprint density at radius 2 is 1.86 bits per heavy atom. The van der Waals surface area contributed by atoms with Gasteiger partial charge in [-0.15, -0.1) is 0 Å². The number of piperidine rings is 1. The summed E-state index contributed by atoms with van der Waals surface area (Å²) in [6, 6.07) is 5.61. The molecule has 0 bridgehead atoms. The molecule has 0 spiro atoms. The Hall–Kier alpha value is -0.980. The zero-order valence-electron chi connectivity index (χ0n) is 12.4. The van der Waals surface area contributed by atoms with Crippen LogP contribution in [0.25, 0.3) is 0 Å². The zero-order chi connectivity index (χ0) is 15.3. The standard InChI is InChI=1S/C15H23FN2O2S/c1-2-9-18-10-7-15(8-11-18)17-21(19,20)12-13-3-5-14(16)6-4-13/h3-6,15,17H,2,7-12H2,1H3. The highest BCUT2D eigenvalue weighted by molar-refractivity contribution is 7.88. The van der Waals surface area contributed by atoms with Gasteiger partial charge in [-0.2, -0.15) is 0 Å². The number of hydrogen-bond donors (Lipinski definition) is 1. The minimum absolute atomic E-state index is 0.0172. The van der Waals surface area contributed by atoms with Crippen molar-refractivity contribution in [2.24, 2.45) is 0 Å². The topological polar surface area (TPSA) is 49.4 Å². The maximum Gasteiger partial charge on any atom is 0.216 e. The summed E-state index contributed by atoms with van der Waals surface area (Å²) in [4.78, 5) is 2.37. The molecule has 2 rings (SSSR count). The summed E-state index contributed by atoms with van der Waals surface area (Å²) in [6.45, 7) is 5.11. The Morgan fingerprint density at radius 3 is 2.43 bits per heavy atom. The average molecular weight is 314 g/mol. The summed E-state index contributed by atoms with van der Waals surface area (Å²) in [5, 5.41) is 0. The molecule has 6 heteroatoms. The predicted molar refractivity (Wildman–Crippen MR) is 81.9 cm³/mol. The summed E-state index contributed by atoms with van der Waals surface area (Å²) < 4.78 is 39.9. The van der Waals surface area contributed by atoms with Crippen LogP contribution in [0.15, 0.2) is 24.3 Å². The summed E-state index contributed by atoms with van der Waals surface area (Å²) in [5.41, 5.74) is 0.604. The SMILES string of the molecule is CCCN1CCC(NS(=O)(=O)Cc2ccc(F)cc2)CC1. The maximum absolute atomic E-state index is 12.8. The normalized spacial score (nSPS) is 18.0. The maximum atomic E-state index is 12.8. The van der Waals surface area contributed by atoms with Gasteiger partial charge in [-0.05, 0) is 56.6 Å². The molecule has 0 amide bonds. The van der Waals surface area contributed by atoms with Gasteiger partial charge in [0.1, 0.15) is 5.82 Å². The van der Waals surface area contributed by atoms with Crippen LogP contribution in [0, 0.1) is 5.82 Å². The van der Waals surface area contributed by atoms with Crippen LogP contribution in [0.5, 0.6) is 0 Å². The predicted octanol–water partition coefficient (Wildman–Crippen LogP) is 2.12. The highest BCUT2D eigenvalue weighted by Crippen LogP contribution is 2.13. The molecule has 4 nitrogen and oxygen atoms in total. The van der Waals surface area contributed by atoms with Crippen molar-refractivity contribution in [1.82, 2.24) is 9.62 Å². The van der Waals surface area contributed by atoms with Gasteiger partial charge in [0.25, 0.3) is 0 Å². The third kappa shape index (κ3) is 5.37. The second kappa shape index (κ2) is 7.33. The van der Waals surface area contributed by atoms with Gasteiger partial charge in [-0.1, -0.05) is 19.1 Å². The number of likely N-dealkylation sites (tertiary alicyclic amines) is 1. The third-order valence-corrected chi connectivity index (χ3v) is 5.15. The Kier molecular flexibility index (Phi) is 5.72. The van der Waals surface area contributed by atoms with Gasteiger partial charge >= 0.3 is 0 Å². The van der Waals surface area contributed by atoms with Crippen molar-refractivity contribution in [1.29, 1.82) is 0 Å². The summed E-state index contributed by atoms with van der Waals surface area (Å²) in [5.74, 6) is -0.449. The molecule has 0 unspecified atom stereocenters. The van der Waals surface area contributed by atoms with Crippen molar-refractivity contribution in [2.45, 2.75) is 38.0 Å². The van der Waals surface area contributed by atoms with Crippen LogP contribution in [0.2, 0.25) is 0 Å². The average Bonchev–Trinajstić information content (AvgIpc) is 2.43. The Morgan fingerprint density at radius 1 is 1.24 bits per heavy atom. The van der Waals surface area contributed by atoms with E-state index in [4.69, 9.17) is 0 Å². The van der Waals surface area contributed by atoms with E-state index in [1.54, 1.807) is 0 Å². The quantitative estimate of drug-likeness (QED) is 0.875. The van der Waals surface area contributed by atoms with Crippen molar-refractivity contribution < 1.29 is 12.8 Å². The van der Waals surface area contributed by atoms with E-state index in [1.807, 2.05) is 0 Å². The molecule has 0 aliphatic carbocycles. The molecule has 118 valence electrons. The number of benzene rings is 1. The lowest BCUT2D eigenvalue weighted by molar-refractivity contribution is 0.208. The van der Waals surface area contributed by atoms with Crippen LogP contribution >= 0.6 is 0 Å². The number of hydrogen-bond acceptors (Lipinski definition) is 3. The first-order valence-corrected chi connectivity index (χ1v) is 9.10. The molecule has 21 heavy (non-hydrogen) atoms. The number of nitrogens with one attached hydrogen (secondary N) is 1. The van der Waals surface area contributed by atoms with E-state index in [1.165, 1.54) is 24.3 Å². The number of halogens is 1. The van der Waals surface area contributed by atoms with Crippen molar-refractivity contribution in [3.05, 3.63) is 35.6 Å². The molecule has 1 aromatic carbocycles. The van der Waals surface area contributed by atoms with E-state index in [9.17, 15) is 12.8 Å². The van der Waals surface area contributed by atoms with Crippen LogP contribution in [0.1, 0.15) is 31.7 Å². The first-order chi connectivity index (χ1) is 9.98. The molecule has 1 fully saturated rings. The molecule has 1 aliphatic heterocycles. The fourth-order valence-electron chi connectivity index (χ4n) is 2.69. The fourth-order valence-corrected chi connectivity index (χ4v) is 4.14. The van der Waals surface area contributed by atoms with Crippen LogP contribution in [-0.2, 0) is 15.8 Å². The van der Waals surface area contributed by atoms with Crippen LogP contribution < -0.4 is 4.72 Å². The largest absolute Gasteiger partial charge is 0.303 e. The van der Waals surface area contributed by atoms with Crippen LogP contribution in [0.4, 0.5) is 4.39 Å². The minimum atomic E-state index is -3.37. The van der Waals surface area contributed by atoms with Crippen molar-refractivity contribution >= 4 is 10.0 Å². The van der Waals surface area contributed by atoms with Gasteiger partial charge in [0.2, 0.25) is 10.0 Å². The van der Waals surface area contributed by atoms with E-state index >= 15 is 0 Å². The summed E-state index contributed by atoms with van der Waals surface area (Å²) in [7, 11) is -3.37. The van der Waals surface area contributed by atoms with E-state index < -0.39 is 10.0 Å². The number of nitrogens with zero attached hydrogens (tertiary/aromatic N) is 1. The summed E-state index contributed by atoms with van der Waals surface area (Å²) in [6.07, 6.45) is 2.83. The Labute approximate surface area is 126 Å². The molecule has 0 saturated carbocycles. The summed E-state index contributed by atoms with van der Waals surface area (Å²) >= 11 is 0. The fraction of sp³-hybridized carbons (Fsp3) is 0.600. The van der Waals surface area contributed by atoms with Crippen LogP contribution in [0.3, 0.4) is 0 Å². The second-order valence-corrected chi connectivity index (χ2v) is 7.37. The van der Waals surface area contributed by atoms with Gasteiger partial charge in [-0.25, -0.2) is 17.5 Å². The van der Waals surface area contributed by atoms with Crippen LogP contribution in [-0.4, -0.2) is 39.0 Å². The van der Waals surface area contributed by atoms with E-state index in [0.717, 1.165) is 38.9 Å². The number of sulfonamides is 1. The Bertz CT molecular complexity index is 537. The number of rotatable bonds is 6. The van der Waals surface area contributed by atoms with E-state index in [0.29, 0.717) is 5.56 Å². The minimum Gasteiger partial charge on any atom is -0.303 e. The molecule has 1 heterocycles. The van der Waals surface area contributed by atoms with Gasteiger partial charge in [-0.3, -0.25) is 0 Å². The lowest BCUT2D eigenvalue weighted by Crippen LogP contribution is -2.45. The molecule has 0 radical (unpaired) electrons. The lowest BCUT2D eigenvalue weighted by Gasteiger charge is -2.31. The molecular formula is C15H23FN2O2S. The van der Waals surface area contributed by atoms with Crippen molar-refractivity contribution in [3.8, 4) is 0 Å². The first kappa shape index (κ1) is 16.4. The van der Waals surface area contributed by atoms with E-state index in [-0.39, 0.29) is 17.6 Å². The highest BCUT2D eigenvalue weighted by atomic mass is 32.2. The zero-order valence-corrected chi connectivity index (χ0v) is 13.2. The molecule has 1 aliphatic rings. The Balaban J connectivity index is 1.85. The second-order valence-electron chi connectivity index (χ2n) is 5.62. The molecule has 0 aromatic heterocycles. The first-order valence-electron chi connectivity index (χ1n) is 7.45. The van der Waals surface area contributed by atoms with Crippen molar-refractivity contribution in [3.63, 3.8) is 0 Å². The highest BCUT2D eigenvalue weighted by Gasteiger charge is 2.23. The van der Waals surface area contributed by atoms with Gasteiger partial charge in [0, 0.05) is 6.04 Å². The molecule has 1 aromatic rings. The monoisotopic (exact) mass is 314 g/mol. The van der Waals surface area contributed by atoms with E-state index in [2.05, 4.69) is 16.5 Å².